The lowest BCUT2D eigenvalue weighted by atomic mass is 10.2. The molecule has 2 aromatic heterocycles. The molecule has 35 heavy (non-hydrogen) atoms. The number of rotatable bonds is 10. The Labute approximate surface area is 214 Å². The molecule has 0 aliphatic carbocycles. The van der Waals surface area contributed by atoms with E-state index in [4.69, 9.17) is 0 Å². The second kappa shape index (κ2) is 11.8. The lowest BCUT2D eigenvalue weighted by molar-refractivity contribution is -0.654. The van der Waals surface area contributed by atoms with Crippen LogP contribution in [0.2, 0.25) is 0 Å². The van der Waals surface area contributed by atoms with Crippen LogP contribution >= 0.6 is 22.7 Å². The highest BCUT2D eigenvalue weighted by molar-refractivity contribution is 7.13. The highest BCUT2D eigenvalue weighted by atomic mass is 32.1. The largest absolute Gasteiger partial charge is 0.408 e. The maximum atomic E-state index is 4.34. The molecule has 0 atom stereocenters. The van der Waals surface area contributed by atoms with Crippen molar-refractivity contribution in [3.63, 3.8) is 0 Å². The number of azo groups is 2. The number of benzene rings is 2. The van der Waals surface area contributed by atoms with Gasteiger partial charge in [0.25, 0.3) is 0 Å². The van der Waals surface area contributed by atoms with Crippen LogP contribution in [0.5, 0.6) is 0 Å². The van der Waals surface area contributed by atoms with Crippen molar-refractivity contribution in [3.8, 4) is 0 Å². The van der Waals surface area contributed by atoms with E-state index in [1.807, 2.05) is 70.6 Å². The molecule has 2 heterocycles. The molecule has 0 spiro atoms. The number of anilines is 2. The predicted octanol–water partition coefficient (Wildman–Crippen LogP) is 6.25. The van der Waals surface area contributed by atoms with Crippen molar-refractivity contribution in [2.75, 3.05) is 37.0 Å². The van der Waals surface area contributed by atoms with Gasteiger partial charge in [-0.25, -0.2) is 9.13 Å². The zero-order valence-electron chi connectivity index (χ0n) is 20.4. The summed E-state index contributed by atoms with van der Waals surface area (Å²) in [5.74, 6) is 0. The standard InChI is InChI=1S/C25H30N8S2/c1-30(22-10-6-20(7-11-22)26-28-24-32(3)16-18-34-24)14-5-15-31(2)23-12-8-21(9-13-23)27-29-25-33(4)17-19-35-25/h6-13,16-19H,5,14-15H2,1-4H3/q+2. The Balaban J connectivity index is 1.24. The van der Waals surface area contributed by atoms with E-state index < -0.39 is 0 Å². The number of nitrogens with zero attached hydrogens (tertiary/aromatic N) is 8. The normalized spacial score (nSPS) is 11.5. The van der Waals surface area contributed by atoms with Gasteiger partial charge in [-0.3, -0.25) is 0 Å². The fourth-order valence-corrected chi connectivity index (χ4v) is 4.76. The molecule has 0 bridgehead atoms. The van der Waals surface area contributed by atoms with E-state index >= 15 is 0 Å². The number of aromatic nitrogens is 2. The first-order valence-electron chi connectivity index (χ1n) is 11.3. The molecule has 0 amide bonds. The summed E-state index contributed by atoms with van der Waals surface area (Å²) in [6, 6.07) is 16.4. The molecule has 0 aliphatic heterocycles. The van der Waals surface area contributed by atoms with Gasteiger partial charge in [0.15, 0.2) is 0 Å². The van der Waals surface area contributed by atoms with Gasteiger partial charge >= 0.3 is 10.3 Å². The van der Waals surface area contributed by atoms with Crippen LogP contribution in [0.25, 0.3) is 0 Å². The lowest BCUT2D eigenvalue weighted by Gasteiger charge is -2.23. The van der Waals surface area contributed by atoms with Crippen LogP contribution in [-0.4, -0.2) is 27.2 Å². The molecular formula is C25H30N8S2+2. The van der Waals surface area contributed by atoms with Crippen LogP contribution < -0.4 is 18.9 Å². The van der Waals surface area contributed by atoms with Crippen LogP contribution in [0, 0.1) is 0 Å². The van der Waals surface area contributed by atoms with E-state index in [0.29, 0.717) is 0 Å². The van der Waals surface area contributed by atoms with Crippen LogP contribution in [0.1, 0.15) is 6.42 Å². The highest BCUT2D eigenvalue weighted by Crippen LogP contribution is 2.24. The van der Waals surface area contributed by atoms with E-state index in [1.165, 1.54) is 11.4 Å². The molecule has 0 saturated heterocycles. The average Bonchev–Trinajstić information content (AvgIpc) is 3.49. The molecule has 2 aromatic carbocycles. The molecule has 0 unspecified atom stereocenters. The fourth-order valence-electron chi connectivity index (χ4n) is 3.40. The Morgan fingerprint density at radius 3 is 1.37 bits per heavy atom. The van der Waals surface area contributed by atoms with Crippen LogP contribution in [0.4, 0.5) is 33.0 Å². The van der Waals surface area contributed by atoms with Crippen molar-refractivity contribution < 1.29 is 9.13 Å². The quantitative estimate of drug-likeness (QED) is 0.188. The van der Waals surface area contributed by atoms with Crippen molar-refractivity contribution in [1.82, 2.24) is 0 Å². The summed E-state index contributed by atoms with van der Waals surface area (Å²) in [5, 5.41) is 23.1. The molecule has 0 fully saturated rings. The fraction of sp³-hybridized carbons (Fsp3) is 0.280. The number of thiazole rings is 2. The number of hydrogen-bond donors (Lipinski definition) is 0. The SMILES string of the molecule is CN(CCCN(C)c1ccc(N=Nc2scc[n+]2C)cc1)c1ccc(N=Nc2scc[n+]2C)cc1. The topological polar surface area (TPSA) is 63.7 Å². The second-order valence-electron chi connectivity index (χ2n) is 8.22. The number of aryl methyl sites for hydroxylation is 2. The van der Waals surface area contributed by atoms with E-state index in [2.05, 4.69) is 68.6 Å². The first-order chi connectivity index (χ1) is 17.0. The van der Waals surface area contributed by atoms with Gasteiger partial charge in [-0.05, 0) is 87.9 Å². The second-order valence-corrected chi connectivity index (χ2v) is 9.97. The Hall–Kier alpha value is -3.50. The van der Waals surface area contributed by atoms with Crippen LogP contribution in [0.3, 0.4) is 0 Å². The van der Waals surface area contributed by atoms with E-state index in [1.54, 1.807) is 22.7 Å². The van der Waals surface area contributed by atoms with E-state index in [9.17, 15) is 0 Å². The maximum absolute atomic E-state index is 4.34. The zero-order chi connectivity index (χ0) is 24.6. The molecule has 0 radical (unpaired) electrons. The smallest absolute Gasteiger partial charge is 0.375 e. The Morgan fingerprint density at radius 1 is 0.629 bits per heavy atom. The first kappa shape index (κ1) is 24.6. The van der Waals surface area contributed by atoms with Crippen LogP contribution in [0.15, 0.2) is 92.1 Å². The van der Waals surface area contributed by atoms with Gasteiger partial charge in [0.05, 0.1) is 24.3 Å². The monoisotopic (exact) mass is 506 g/mol. The summed E-state index contributed by atoms with van der Waals surface area (Å²) in [5.41, 5.74) is 4.04. The lowest BCUT2D eigenvalue weighted by Crippen LogP contribution is -2.25. The summed E-state index contributed by atoms with van der Waals surface area (Å²) in [6.07, 6.45) is 4.99. The van der Waals surface area contributed by atoms with Crippen molar-refractivity contribution in [2.24, 2.45) is 34.6 Å². The molecule has 0 aliphatic rings. The molecule has 4 rings (SSSR count). The highest BCUT2D eigenvalue weighted by Gasteiger charge is 2.09. The van der Waals surface area contributed by atoms with Gasteiger partial charge < -0.3 is 9.80 Å². The van der Waals surface area contributed by atoms with Gasteiger partial charge in [0.2, 0.25) is 0 Å². The molecule has 180 valence electrons. The maximum Gasteiger partial charge on any atom is 0.408 e. The predicted molar refractivity (Wildman–Crippen MR) is 143 cm³/mol. The molecule has 0 N–H and O–H groups in total. The molecule has 8 nitrogen and oxygen atoms in total. The third kappa shape index (κ3) is 6.77. The Kier molecular flexibility index (Phi) is 8.27. The van der Waals surface area contributed by atoms with Gasteiger partial charge in [0, 0.05) is 49.3 Å². The van der Waals surface area contributed by atoms with E-state index in [0.717, 1.165) is 41.1 Å². The first-order valence-corrected chi connectivity index (χ1v) is 13.1. The summed E-state index contributed by atoms with van der Waals surface area (Å²) in [6.45, 7) is 1.92. The van der Waals surface area contributed by atoms with Crippen molar-refractivity contribution in [3.05, 3.63) is 71.7 Å². The number of hydrogen-bond acceptors (Lipinski definition) is 8. The minimum Gasteiger partial charge on any atom is -0.375 e. The van der Waals surface area contributed by atoms with E-state index in [-0.39, 0.29) is 0 Å². The van der Waals surface area contributed by atoms with Gasteiger partial charge in [-0.15, -0.1) is 0 Å². The average molecular weight is 507 g/mol. The summed E-state index contributed by atoms with van der Waals surface area (Å²) < 4.78 is 3.92. The van der Waals surface area contributed by atoms with Crippen molar-refractivity contribution in [2.45, 2.75) is 6.42 Å². The Bertz CT molecular complexity index is 1180. The third-order valence-corrected chi connectivity index (χ3v) is 7.27. The van der Waals surface area contributed by atoms with Crippen molar-refractivity contribution in [1.29, 1.82) is 0 Å². The van der Waals surface area contributed by atoms with Gasteiger partial charge in [-0.1, -0.05) is 0 Å². The summed E-state index contributed by atoms with van der Waals surface area (Å²) in [4.78, 5) is 4.53. The van der Waals surface area contributed by atoms with Crippen LogP contribution in [-0.2, 0) is 14.1 Å². The van der Waals surface area contributed by atoms with Crippen molar-refractivity contribution >= 4 is 55.7 Å². The molecule has 0 saturated carbocycles. The third-order valence-electron chi connectivity index (χ3n) is 5.59. The van der Waals surface area contributed by atoms with Gasteiger partial charge in [0.1, 0.15) is 23.8 Å². The summed E-state index contributed by atoms with van der Waals surface area (Å²) in [7, 11) is 8.18. The van der Waals surface area contributed by atoms with Gasteiger partial charge in [-0.2, -0.15) is 0 Å². The minimum atomic E-state index is 0.850. The summed E-state index contributed by atoms with van der Waals surface area (Å²) >= 11 is 3.14. The molecule has 10 heteroatoms. The Morgan fingerprint density at radius 2 is 1.03 bits per heavy atom. The molecular weight excluding hydrogens is 476 g/mol. The molecule has 4 aromatic rings. The zero-order valence-corrected chi connectivity index (χ0v) is 22.1. The minimum absolute atomic E-state index is 0.850.